The maximum atomic E-state index is 6.56. The van der Waals surface area contributed by atoms with E-state index < -0.39 is 0 Å². The lowest BCUT2D eigenvalue weighted by Crippen LogP contribution is -2.01. The Kier molecular flexibility index (Phi) is 3.70. The van der Waals surface area contributed by atoms with Gasteiger partial charge in [-0.05, 0) is 36.3 Å². The van der Waals surface area contributed by atoms with Gasteiger partial charge >= 0.3 is 0 Å². The topological polar surface area (TPSA) is 25.2 Å². The maximum absolute atomic E-state index is 6.56. The lowest BCUT2D eigenvalue weighted by molar-refractivity contribution is 1.06. The molecule has 0 saturated carbocycles. The van der Waals surface area contributed by atoms with Gasteiger partial charge in [-0.2, -0.15) is 0 Å². The van der Waals surface area contributed by atoms with Crippen molar-refractivity contribution in [3.8, 4) is 0 Å². The fourth-order valence-electron chi connectivity index (χ4n) is 3.11. The van der Waals surface area contributed by atoms with Gasteiger partial charge in [0.25, 0.3) is 0 Å². The smallest absolute Gasteiger partial charge is 0.156 e. The minimum absolute atomic E-state index is 0.190. The first-order chi connectivity index (χ1) is 11.6. The molecular weight excluding hydrogens is 316 g/mol. The van der Waals surface area contributed by atoms with Crippen molar-refractivity contribution in [2.45, 2.75) is 19.8 Å². The predicted octanol–water partition coefficient (Wildman–Crippen LogP) is 6.01. The number of aryl methyl sites for hydroxylation is 1. The SMILES string of the molecule is Cc1ccccc1/C(Cl)=C\C1=Nc2nc3ccccc3cc2[C@H]1C. The molecule has 1 aliphatic heterocycles. The van der Waals surface area contributed by atoms with E-state index in [1.807, 2.05) is 42.5 Å². The van der Waals surface area contributed by atoms with Crippen LogP contribution in [0.1, 0.15) is 29.5 Å². The molecule has 0 spiro atoms. The Morgan fingerprint density at radius 3 is 2.67 bits per heavy atom. The molecule has 0 aliphatic carbocycles. The van der Waals surface area contributed by atoms with Crippen molar-refractivity contribution < 1.29 is 0 Å². The number of aliphatic imine (C=N–C) groups is 1. The highest BCUT2D eigenvalue weighted by Crippen LogP contribution is 2.37. The summed E-state index contributed by atoms with van der Waals surface area (Å²) in [5, 5.41) is 1.87. The van der Waals surface area contributed by atoms with Crippen LogP contribution in [0.2, 0.25) is 0 Å². The van der Waals surface area contributed by atoms with Gasteiger partial charge in [-0.3, -0.25) is 0 Å². The van der Waals surface area contributed by atoms with Crippen molar-refractivity contribution in [1.82, 2.24) is 4.98 Å². The molecule has 0 radical (unpaired) electrons. The standard InChI is InChI=1S/C21H17ClN2/c1-13-7-3-5-9-16(13)18(22)12-20-14(2)17-11-15-8-4-6-10-19(15)23-21(17)24-20/h3-12,14H,1-2H3/b18-12+/t14-/m1/s1. The van der Waals surface area contributed by atoms with Gasteiger partial charge in [-0.1, -0.05) is 61.0 Å². The Balaban J connectivity index is 1.76. The van der Waals surface area contributed by atoms with Gasteiger partial charge in [-0.15, -0.1) is 0 Å². The molecular formula is C21H17ClN2. The number of benzene rings is 2. The average molecular weight is 333 g/mol. The first-order valence-electron chi connectivity index (χ1n) is 8.05. The fourth-order valence-corrected chi connectivity index (χ4v) is 3.44. The van der Waals surface area contributed by atoms with Crippen LogP contribution in [-0.2, 0) is 0 Å². The van der Waals surface area contributed by atoms with Gasteiger partial charge in [0.1, 0.15) is 0 Å². The number of aromatic nitrogens is 1. The van der Waals surface area contributed by atoms with E-state index in [1.165, 1.54) is 0 Å². The highest BCUT2D eigenvalue weighted by Gasteiger charge is 2.24. The van der Waals surface area contributed by atoms with Crippen LogP contribution in [0.5, 0.6) is 0 Å². The molecule has 1 atom stereocenters. The third kappa shape index (κ3) is 2.53. The molecule has 2 nitrogen and oxygen atoms in total. The molecule has 0 saturated heterocycles. The van der Waals surface area contributed by atoms with Crippen molar-refractivity contribution in [3.63, 3.8) is 0 Å². The van der Waals surface area contributed by atoms with Crippen molar-refractivity contribution in [2.75, 3.05) is 0 Å². The number of nitrogens with zero attached hydrogens (tertiary/aromatic N) is 2. The zero-order valence-corrected chi connectivity index (χ0v) is 14.4. The molecule has 118 valence electrons. The second kappa shape index (κ2) is 5.88. The number of para-hydroxylation sites is 1. The van der Waals surface area contributed by atoms with E-state index in [2.05, 4.69) is 32.0 Å². The van der Waals surface area contributed by atoms with Crippen LogP contribution in [0, 0.1) is 6.92 Å². The van der Waals surface area contributed by atoms with Crippen LogP contribution < -0.4 is 0 Å². The van der Waals surface area contributed by atoms with E-state index in [4.69, 9.17) is 21.6 Å². The Bertz CT molecular complexity index is 1000. The van der Waals surface area contributed by atoms with Crippen LogP contribution in [0.3, 0.4) is 0 Å². The number of halogens is 1. The van der Waals surface area contributed by atoms with Crippen LogP contribution >= 0.6 is 11.6 Å². The van der Waals surface area contributed by atoms with Gasteiger partial charge < -0.3 is 0 Å². The average Bonchev–Trinajstić information content (AvgIpc) is 2.88. The van der Waals surface area contributed by atoms with Gasteiger partial charge in [0.05, 0.1) is 11.2 Å². The third-order valence-electron chi connectivity index (χ3n) is 4.55. The molecule has 2 aromatic carbocycles. The van der Waals surface area contributed by atoms with Crippen LogP contribution in [0.15, 0.2) is 65.7 Å². The summed E-state index contributed by atoms with van der Waals surface area (Å²) < 4.78 is 0. The van der Waals surface area contributed by atoms with E-state index in [-0.39, 0.29) is 5.92 Å². The van der Waals surface area contributed by atoms with Gasteiger partial charge in [0.15, 0.2) is 5.82 Å². The van der Waals surface area contributed by atoms with E-state index in [1.54, 1.807) is 0 Å². The number of pyridine rings is 1. The second-order valence-corrected chi connectivity index (χ2v) is 6.57. The summed E-state index contributed by atoms with van der Waals surface area (Å²) in [5.41, 5.74) is 5.30. The summed E-state index contributed by atoms with van der Waals surface area (Å²) in [7, 11) is 0. The molecule has 2 heterocycles. The molecule has 0 amide bonds. The summed E-state index contributed by atoms with van der Waals surface area (Å²) in [6.45, 7) is 4.22. The summed E-state index contributed by atoms with van der Waals surface area (Å²) in [6.07, 6.45) is 1.97. The minimum atomic E-state index is 0.190. The first kappa shape index (κ1) is 15.1. The van der Waals surface area contributed by atoms with Crippen molar-refractivity contribution in [3.05, 3.63) is 77.4 Å². The molecule has 3 heteroatoms. The lowest BCUT2D eigenvalue weighted by atomic mass is 9.97. The van der Waals surface area contributed by atoms with Crippen molar-refractivity contribution in [2.24, 2.45) is 4.99 Å². The Morgan fingerprint density at radius 1 is 1.08 bits per heavy atom. The fraction of sp³-hybridized carbons (Fsp3) is 0.143. The summed E-state index contributed by atoms with van der Waals surface area (Å²) in [5.74, 6) is 0.997. The van der Waals surface area contributed by atoms with Gasteiger partial charge in [-0.25, -0.2) is 9.98 Å². The molecule has 1 aromatic heterocycles. The van der Waals surface area contributed by atoms with E-state index in [0.29, 0.717) is 0 Å². The number of rotatable bonds is 2. The molecule has 0 fully saturated rings. The largest absolute Gasteiger partial charge is 0.233 e. The minimum Gasteiger partial charge on any atom is -0.233 e. The second-order valence-electron chi connectivity index (χ2n) is 6.16. The molecule has 0 unspecified atom stereocenters. The molecule has 24 heavy (non-hydrogen) atoms. The Hall–Kier alpha value is -2.45. The number of hydrogen-bond donors (Lipinski definition) is 0. The number of hydrogen-bond acceptors (Lipinski definition) is 2. The molecule has 4 rings (SSSR count). The van der Waals surface area contributed by atoms with Crippen molar-refractivity contribution in [1.29, 1.82) is 0 Å². The van der Waals surface area contributed by atoms with E-state index in [9.17, 15) is 0 Å². The molecule has 3 aromatic rings. The highest BCUT2D eigenvalue weighted by molar-refractivity contribution is 6.50. The predicted molar refractivity (Wildman–Crippen MR) is 102 cm³/mol. The quantitative estimate of drug-likeness (QED) is 0.564. The molecule has 0 bridgehead atoms. The van der Waals surface area contributed by atoms with E-state index in [0.717, 1.165) is 44.2 Å². The summed E-state index contributed by atoms with van der Waals surface area (Å²) in [6, 6.07) is 18.4. The third-order valence-corrected chi connectivity index (χ3v) is 4.87. The summed E-state index contributed by atoms with van der Waals surface area (Å²) >= 11 is 6.56. The molecule has 1 aliphatic rings. The normalized spacial score (nSPS) is 17.0. The monoisotopic (exact) mass is 332 g/mol. The zero-order chi connectivity index (χ0) is 16.7. The van der Waals surface area contributed by atoms with Gasteiger partial charge in [0, 0.05) is 21.9 Å². The lowest BCUT2D eigenvalue weighted by Gasteiger charge is -2.08. The maximum Gasteiger partial charge on any atom is 0.156 e. The van der Waals surface area contributed by atoms with Crippen molar-refractivity contribution >= 4 is 39.1 Å². The Morgan fingerprint density at radius 2 is 1.83 bits per heavy atom. The Labute approximate surface area is 146 Å². The van der Waals surface area contributed by atoms with Crippen LogP contribution in [0.25, 0.3) is 15.9 Å². The van der Waals surface area contributed by atoms with E-state index >= 15 is 0 Å². The summed E-state index contributed by atoms with van der Waals surface area (Å²) in [4.78, 5) is 9.42. The number of allylic oxidation sites excluding steroid dienone is 1. The first-order valence-corrected chi connectivity index (χ1v) is 8.43. The van der Waals surface area contributed by atoms with Crippen LogP contribution in [-0.4, -0.2) is 10.7 Å². The van der Waals surface area contributed by atoms with Crippen LogP contribution in [0.4, 0.5) is 5.82 Å². The number of fused-ring (bicyclic) bond motifs is 2. The highest BCUT2D eigenvalue weighted by atomic mass is 35.5. The zero-order valence-electron chi connectivity index (χ0n) is 13.6. The van der Waals surface area contributed by atoms with Gasteiger partial charge in [0.2, 0.25) is 0 Å². The molecule has 0 N–H and O–H groups in total.